The van der Waals surface area contributed by atoms with E-state index in [0.717, 1.165) is 11.1 Å². The maximum absolute atomic E-state index is 12.2. The molecule has 0 bridgehead atoms. The summed E-state index contributed by atoms with van der Waals surface area (Å²) in [6.07, 6.45) is 5.80. The number of nitrogens with one attached hydrogen (secondary N) is 2. The van der Waals surface area contributed by atoms with Crippen molar-refractivity contribution in [3.05, 3.63) is 71.0 Å². The van der Waals surface area contributed by atoms with Crippen LogP contribution in [-0.2, 0) is 13.0 Å². The Kier molecular flexibility index (Phi) is 5.58. The molecule has 128 valence electrons. The highest BCUT2D eigenvalue weighted by atomic mass is 32.1. The molecule has 0 aliphatic rings. The number of rotatable bonds is 7. The highest BCUT2D eigenvalue weighted by Gasteiger charge is 2.10. The summed E-state index contributed by atoms with van der Waals surface area (Å²) in [6.45, 7) is 1.14. The Balaban J connectivity index is 1.46. The zero-order valence-corrected chi connectivity index (χ0v) is 14.3. The van der Waals surface area contributed by atoms with Gasteiger partial charge in [0.2, 0.25) is 0 Å². The number of carbonyl (C=O) groups is 1. The van der Waals surface area contributed by atoms with Crippen LogP contribution in [0.4, 0.5) is 5.13 Å². The van der Waals surface area contributed by atoms with Gasteiger partial charge in [-0.3, -0.25) is 9.78 Å². The number of pyridine rings is 1. The lowest BCUT2D eigenvalue weighted by Crippen LogP contribution is -2.24. The number of anilines is 1. The van der Waals surface area contributed by atoms with Gasteiger partial charge in [-0.15, -0.1) is 0 Å². The van der Waals surface area contributed by atoms with Crippen molar-refractivity contribution >= 4 is 22.4 Å². The maximum atomic E-state index is 12.2. The number of hydrogen-bond acceptors (Lipinski definition) is 6. The molecule has 6 nitrogen and oxygen atoms in total. The topological polar surface area (TPSA) is 87.1 Å². The van der Waals surface area contributed by atoms with Gasteiger partial charge in [-0.1, -0.05) is 29.5 Å². The van der Waals surface area contributed by atoms with Gasteiger partial charge in [-0.05, 0) is 35.7 Å². The molecule has 0 unspecified atom stereocenters. The Bertz CT molecular complexity index is 819. The van der Waals surface area contributed by atoms with Crippen LogP contribution in [0.5, 0.6) is 5.75 Å². The van der Waals surface area contributed by atoms with Gasteiger partial charge < -0.3 is 15.7 Å². The number of carbonyl (C=O) groups excluding carboxylic acids is 1. The largest absolute Gasteiger partial charge is 0.508 e. The van der Waals surface area contributed by atoms with E-state index in [2.05, 4.69) is 20.6 Å². The van der Waals surface area contributed by atoms with Crippen LogP contribution in [0.25, 0.3) is 0 Å². The average Bonchev–Trinajstić information content (AvgIpc) is 3.12. The molecule has 3 N–H and O–H groups in total. The number of amides is 1. The minimum Gasteiger partial charge on any atom is -0.508 e. The van der Waals surface area contributed by atoms with Crippen molar-refractivity contribution in [3.8, 4) is 5.75 Å². The molecule has 0 atom stereocenters. The molecule has 2 heterocycles. The molecule has 0 aliphatic heterocycles. The molecule has 1 aromatic carbocycles. The molecule has 3 aromatic rings. The Hall–Kier alpha value is -2.93. The molecule has 0 fully saturated rings. The van der Waals surface area contributed by atoms with Crippen molar-refractivity contribution < 1.29 is 9.90 Å². The van der Waals surface area contributed by atoms with E-state index in [1.165, 1.54) is 11.3 Å². The first-order chi connectivity index (χ1) is 12.2. The Morgan fingerprint density at radius 2 is 1.96 bits per heavy atom. The summed E-state index contributed by atoms with van der Waals surface area (Å²) in [5, 5.41) is 16.0. The van der Waals surface area contributed by atoms with Gasteiger partial charge in [-0.25, -0.2) is 4.98 Å². The van der Waals surface area contributed by atoms with Gasteiger partial charge >= 0.3 is 0 Å². The summed E-state index contributed by atoms with van der Waals surface area (Å²) in [7, 11) is 0. The van der Waals surface area contributed by atoms with E-state index in [4.69, 9.17) is 0 Å². The molecular weight excluding hydrogens is 336 g/mol. The van der Waals surface area contributed by atoms with Crippen LogP contribution in [0.3, 0.4) is 0 Å². The second kappa shape index (κ2) is 8.25. The van der Waals surface area contributed by atoms with E-state index in [1.54, 1.807) is 30.7 Å². The van der Waals surface area contributed by atoms with Crippen LogP contribution in [0, 0.1) is 0 Å². The van der Waals surface area contributed by atoms with E-state index in [-0.39, 0.29) is 11.7 Å². The summed E-state index contributed by atoms with van der Waals surface area (Å²) in [4.78, 5) is 21.0. The standard InChI is InChI=1S/C18H18N4O2S/c23-15-5-3-13(4-6-15)7-9-20-17(24)16-12-22-18(25-16)21-11-14-2-1-8-19-10-14/h1-6,8,10,12,23H,7,9,11H2,(H,20,24)(H,21,22). The minimum atomic E-state index is -0.134. The molecule has 0 spiro atoms. The monoisotopic (exact) mass is 354 g/mol. The molecule has 25 heavy (non-hydrogen) atoms. The number of aromatic nitrogens is 2. The Labute approximate surface area is 149 Å². The average molecular weight is 354 g/mol. The SMILES string of the molecule is O=C(NCCc1ccc(O)cc1)c1cnc(NCc2cccnc2)s1. The van der Waals surface area contributed by atoms with Gasteiger partial charge in [0, 0.05) is 25.5 Å². The van der Waals surface area contributed by atoms with Gasteiger partial charge in [0.05, 0.1) is 6.20 Å². The second-order valence-electron chi connectivity index (χ2n) is 5.42. The molecule has 2 aromatic heterocycles. The highest BCUT2D eigenvalue weighted by molar-refractivity contribution is 7.17. The summed E-state index contributed by atoms with van der Waals surface area (Å²) < 4.78 is 0. The Morgan fingerprint density at radius 3 is 2.72 bits per heavy atom. The highest BCUT2D eigenvalue weighted by Crippen LogP contribution is 2.18. The first kappa shape index (κ1) is 16.9. The molecular formula is C18H18N4O2S. The summed E-state index contributed by atoms with van der Waals surface area (Å²) in [5.41, 5.74) is 2.11. The van der Waals surface area contributed by atoms with E-state index in [1.807, 2.05) is 24.3 Å². The fourth-order valence-corrected chi connectivity index (χ4v) is 2.94. The zero-order chi connectivity index (χ0) is 17.5. The molecule has 0 radical (unpaired) electrons. The van der Waals surface area contributed by atoms with Crippen molar-refractivity contribution in [2.75, 3.05) is 11.9 Å². The van der Waals surface area contributed by atoms with Crippen LogP contribution in [0.2, 0.25) is 0 Å². The number of phenols is 1. The number of phenolic OH excluding ortho intramolecular Hbond substituents is 1. The van der Waals surface area contributed by atoms with Crippen molar-refractivity contribution in [2.45, 2.75) is 13.0 Å². The number of hydrogen-bond donors (Lipinski definition) is 3. The van der Waals surface area contributed by atoms with Crippen molar-refractivity contribution in [2.24, 2.45) is 0 Å². The fourth-order valence-electron chi connectivity index (χ4n) is 2.21. The minimum absolute atomic E-state index is 0.134. The number of thiazole rings is 1. The fraction of sp³-hybridized carbons (Fsp3) is 0.167. The van der Waals surface area contributed by atoms with E-state index in [0.29, 0.717) is 29.5 Å². The lowest BCUT2D eigenvalue weighted by atomic mass is 10.1. The summed E-state index contributed by atoms with van der Waals surface area (Å²) >= 11 is 1.32. The number of nitrogens with zero attached hydrogens (tertiary/aromatic N) is 2. The molecule has 0 saturated carbocycles. The van der Waals surface area contributed by atoms with Crippen LogP contribution in [0.15, 0.2) is 55.0 Å². The quantitative estimate of drug-likeness (QED) is 0.607. The van der Waals surface area contributed by atoms with E-state index in [9.17, 15) is 9.90 Å². The molecule has 0 aliphatic carbocycles. The summed E-state index contributed by atoms with van der Waals surface area (Å²) in [5.74, 6) is 0.106. The maximum Gasteiger partial charge on any atom is 0.263 e. The molecule has 0 saturated heterocycles. The smallest absolute Gasteiger partial charge is 0.263 e. The van der Waals surface area contributed by atoms with Crippen molar-refractivity contribution in [1.29, 1.82) is 0 Å². The van der Waals surface area contributed by atoms with Gasteiger partial charge in [0.25, 0.3) is 5.91 Å². The number of aromatic hydroxyl groups is 1. The van der Waals surface area contributed by atoms with Gasteiger partial charge in [0.15, 0.2) is 5.13 Å². The van der Waals surface area contributed by atoms with Crippen molar-refractivity contribution in [1.82, 2.24) is 15.3 Å². The van der Waals surface area contributed by atoms with Gasteiger partial charge in [-0.2, -0.15) is 0 Å². The third kappa shape index (κ3) is 5.02. The normalized spacial score (nSPS) is 10.4. The first-order valence-corrected chi connectivity index (χ1v) is 8.67. The zero-order valence-electron chi connectivity index (χ0n) is 13.5. The second-order valence-corrected chi connectivity index (χ2v) is 6.45. The van der Waals surface area contributed by atoms with Crippen molar-refractivity contribution in [3.63, 3.8) is 0 Å². The lowest BCUT2D eigenvalue weighted by molar-refractivity contribution is 0.0958. The third-order valence-corrected chi connectivity index (χ3v) is 4.49. The van der Waals surface area contributed by atoms with Crippen LogP contribution < -0.4 is 10.6 Å². The molecule has 7 heteroatoms. The summed E-state index contributed by atoms with van der Waals surface area (Å²) in [6, 6.07) is 10.8. The van der Waals surface area contributed by atoms with E-state index >= 15 is 0 Å². The van der Waals surface area contributed by atoms with Crippen LogP contribution >= 0.6 is 11.3 Å². The Morgan fingerprint density at radius 1 is 1.12 bits per heavy atom. The molecule has 3 rings (SSSR count). The predicted molar refractivity (Wildman–Crippen MR) is 97.8 cm³/mol. The van der Waals surface area contributed by atoms with E-state index < -0.39 is 0 Å². The predicted octanol–water partition coefficient (Wildman–Crippen LogP) is 2.83. The third-order valence-electron chi connectivity index (χ3n) is 3.53. The van der Waals surface area contributed by atoms with Crippen LogP contribution in [0.1, 0.15) is 20.8 Å². The lowest BCUT2D eigenvalue weighted by Gasteiger charge is -2.04. The van der Waals surface area contributed by atoms with Gasteiger partial charge in [0.1, 0.15) is 10.6 Å². The first-order valence-electron chi connectivity index (χ1n) is 7.85. The molecule has 1 amide bonds. The van der Waals surface area contributed by atoms with Crippen LogP contribution in [-0.4, -0.2) is 27.5 Å². The number of benzene rings is 1.